The van der Waals surface area contributed by atoms with Gasteiger partial charge in [0.1, 0.15) is 0 Å². The number of hydrogen-bond acceptors (Lipinski definition) is 4. The van der Waals surface area contributed by atoms with Gasteiger partial charge in [0.05, 0.1) is 5.60 Å². The van der Waals surface area contributed by atoms with Crippen molar-refractivity contribution < 1.29 is 4.65 Å². The molecule has 0 saturated carbocycles. The first-order chi connectivity index (χ1) is 6.74. The van der Waals surface area contributed by atoms with Crippen molar-refractivity contribution in [2.45, 2.75) is 38.0 Å². The summed E-state index contributed by atoms with van der Waals surface area (Å²) >= 11 is 4.49. The Morgan fingerprint density at radius 2 is 1.93 bits per heavy atom. The van der Waals surface area contributed by atoms with Gasteiger partial charge in [-0.05, 0) is 39.4 Å². The molecule has 0 spiro atoms. The number of thiol groups is 1. The van der Waals surface area contributed by atoms with Gasteiger partial charge in [-0.3, -0.25) is 4.99 Å². The van der Waals surface area contributed by atoms with Crippen molar-refractivity contribution >= 4 is 26.3 Å². The number of allylic oxidation sites excluding steroid dienone is 1. The lowest BCUT2D eigenvalue weighted by atomic mass is 9.84. The topological polar surface area (TPSA) is 47.6 Å². The number of nitrogens with zero attached hydrogens (tertiary/aromatic N) is 1. The van der Waals surface area contributed by atoms with Gasteiger partial charge in [0.15, 0.2) is 0 Å². The van der Waals surface area contributed by atoms with Crippen molar-refractivity contribution in [3.63, 3.8) is 0 Å². The molecule has 5 heteroatoms. The van der Waals surface area contributed by atoms with Crippen LogP contribution in [0.15, 0.2) is 16.7 Å². The molecule has 0 aliphatic carbocycles. The maximum Gasteiger partial charge on any atom is 0.333 e. The minimum atomic E-state index is -0.383. The number of aliphatic imine (C=N–C) groups is 1. The van der Waals surface area contributed by atoms with E-state index in [4.69, 9.17) is 10.4 Å². The minimum absolute atomic E-state index is 0.243. The summed E-state index contributed by atoms with van der Waals surface area (Å²) in [6.07, 6.45) is 3.09. The fourth-order valence-corrected chi connectivity index (χ4v) is 0.674. The number of rotatable bonds is 5. The van der Waals surface area contributed by atoms with Crippen LogP contribution in [0.2, 0.25) is 0 Å². The van der Waals surface area contributed by atoms with E-state index < -0.39 is 0 Å². The fraction of sp³-hybridized carbons (Fsp3) is 0.700. The minimum Gasteiger partial charge on any atom is -0.428 e. The molecule has 0 aliphatic heterocycles. The maximum atomic E-state index is 5.66. The zero-order chi connectivity index (χ0) is 12.1. The summed E-state index contributed by atoms with van der Waals surface area (Å²) in [5.41, 5.74) is 5.77. The van der Waals surface area contributed by atoms with Crippen LogP contribution in [0.4, 0.5) is 0 Å². The molecule has 15 heavy (non-hydrogen) atoms. The Labute approximate surface area is 98.9 Å². The molecule has 3 nitrogen and oxygen atoms in total. The lowest BCUT2D eigenvalue weighted by Gasteiger charge is -2.38. The second-order valence-corrected chi connectivity index (χ2v) is 5.48. The Kier molecular flexibility index (Phi) is 5.45. The van der Waals surface area contributed by atoms with Gasteiger partial charge >= 0.3 is 7.48 Å². The summed E-state index contributed by atoms with van der Waals surface area (Å²) in [5.74, 6) is 0. The average molecular weight is 227 g/mol. The van der Waals surface area contributed by atoms with Crippen molar-refractivity contribution in [1.29, 1.82) is 0 Å². The van der Waals surface area contributed by atoms with Crippen molar-refractivity contribution in [3.05, 3.63) is 11.7 Å². The molecule has 1 radical (unpaired) electrons. The highest BCUT2D eigenvalue weighted by molar-refractivity contribution is 7.81. The summed E-state index contributed by atoms with van der Waals surface area (Å²) < 4.78 is 5.42. The molecule has 0 atom stereocenters. The summed E-state index contributed by atoms with van der Waals surface area (Å²) in [7, 11) is 3.29. The van der Waals surface area contributed by atoms with Crippen LogP contribution >= 0.6 is 12.6 Å². The average Bonchev–Trinajstić information content (AvgIpc) is 2.10. The predicted molar refractivity (Wildman–Crippen MR) is 70.7 cm³/mol. The van der Waals surface area contributed by atoms with E-state index in [-0.39, 0.29) is 10.3 Å². The molecular weight excluding hydrogens is 207 g/mol. The molecule has 85 valence electrons. The second-order valence-electron chi connectivity index (χ2n) is 4.36. The smallest absolute Gasteiger partial charge is 0.333 e. The molecule has 0 fully saturated rings. The molecule has 0 rings (SSSR count). The zero-order valence-corrected chi connectivity index (χ0v) is 11.0. The van der Waals surface area contributed by atoms with Gasteiger partial charge in [0.25, 0.3) is 0 Å². The Bertz CT molecular complexity index is 257. The van der Waals surface area contributed by atoms with Crippen LogP contribution < -0.4 is 5.73 Å². The van der Waals surface area contributed by atoms with E-state index in [0.717, 1.165) is 5.47 Å². The van der Waals surface area contributed by atoms with E-state index in [1.807, 2.05) is 27.7 Å². The Morgan fingerprint density at radius 1 is 1.40 bits per heavy atom. The van der Waals surface area contributed by atoms with Crippen LogP contribution in [0.3, 0.4) is 0 Å². The van der Waals surface area contributed by atoms with Crippen LogP contribution in [0.1, 0.15) is 27.7 Å². The number of nitrogens with two attached hydrogens (primary N) is 1. The lowest BCUT2D eigenvalue weighted by molar-refractivity contribution is 0.0848. The van der Waals surface area contributed by atoms with Gasteiger partial charge in [-0.25, -0.2) is 0 Å². The third-order valence-corrected chi connectivity index (χ3v) is 2.97. The first-order valence-electron chi connectivity index (χ1n) is 4.82. The normalized spacial score (nSPS) is 14.7. The third-order valence-electron chi connectivity index (χ3n) is 2.43. The molecule has 0 bridgehead atoms. The van der Waals surface area contributed by atoms with Crippen molar-refractivity contribution in [2.24, 2.45) is 10.7 Å². The SMILES string of the molecule is CN=C/C([B]OC(C)(C)C(C)(C)S)=C\N. The summed E-state index contributed by atoms with van der Waals surface area (Å²) in [4.78, 5) is 3.87. The van der Waals surface area contributed by atoms with Crippen LogP contribution in [-0.2, 0) is 4.65 Å². The van der Waals surface area contributed by atoms with Crippen molar-refractivity contribution in [3.8, 4) is 0 Å². The quantitative estimate of drug-likeness (QED) is 0.426. The van der Waals surface area contributed by atoms with Crippen LogP contribution in [0.25, 0.3) is 0 Å². The summed E-state index contributed by atoms with van der Waals surface area (Å²) in [5, 5.41) is 0. The molecule has 0 amide bonds. The van der Waals surface area contributed by atoms with E-state index in [1.54, 1.807) is 20.7 Å². The Hall–Kier alpha value is -0.415. The van der Waals surface area contributed by atoms with E-state index in [2.05, 4.69) is 17.6 Å². The second kappa shape index (κ2) is 5.61. The van der Waals surface area contributed by atoms with E-state index in [9.17, 15) is 0 Å². The van der Waals surface area contributed by atoms with Crippen molar-refractivity contribution in [2.75, 3.05) is 7.05 Å². The maximum absolute atomic E-state index is 5.66. The van der Waals surface area contributed by atoms with Gasteiger partial charge in [0.2, 0.25) is 0 Å². The largest absolute Gasteiger partial charge is 0.428 e. The van der Waals surface area contributed by atoms with Crippen molar-refractivity contribution in [1.82, 2.24) is 0 Å². The van der Waals surface area contributed by atoms with Crippen LogP contribution in [0, 0.1) is 0 Å². The van der Waals surface area contributed by atoms with E-state index >= 15 is 0 Å². The lowest BCUT2D eigenvalue weighted by Crippen LogP contribution is -2.44. The number of hydrogen-bond donors (Lipinski definition) is 2. The molecule has 0 aromatic heterocycles. The predicted octanol–water partition coefficient (Wildman–Crippen LogP) is 1.61. The van der Waals surface area contributed by atoms with Gasteiger partial charge in [-0.2, -0.15) is 12.6 Å². The molecule has 0 aromatic rings. The summed E-state index contributed by atoms with van der Waals surface area (Å²) in [6.45, 7) is 7.97. The molecule has 0 unspecified atom stereocenters. The van der Waals surface area contributed by atoms with Crippen LogP contribution in [0.5, 0.6) is 0 Å². The summed E-state index contributed by atoms with van der Waals surface area (Å²) in [6, 6.07) is 0. The molecular formula is C10H20BN2OS. The Balaban J connectivity index is 4.39. The highest BCUT2D eigenvalue weighted by Crippen LogP contribution is 2.30. The highest BCUT2D eigenvalue weighted by Gasteiger charge is 2.34. The first kappa shape index (κ1) is 14.6. The third kappa shape index (κ3) is 4.75. The van der Waals surface area contributed by atoms with Gasteiger partial charge in [-0.1, -0.05) is 0 Å². The van der Waals surface area contributed by atoms with E-state index in [0.29, 0.717) is 0 Å². The van der Waals surface area contributed by atoms with Gasteiger partial charge < -0.3 is 10.4 Å². The Morgan fingerprint density at radius 3 is 2.27 bits per heavy atom. The fourth-order valence-electron chi connectivity index (χ4n) is 0.621. The molecule has 0 heterocycles. The molecule has 2 N–H and O–H groups in total. The van der Waals surface area contributed by atoms with Gasteiger partial charge in [-0.15, -0.1) is 0 Å². The zero-order valence-electron chi connectivity index (χ0n) is 10.1. The van der Waals surface area contributed by atoms with E-state index in [1.165, 1.54) is 6.20 Å². The molecule has 0 saturated heterocycles. The molecule has 0 aromatic carbocycles. The monoisotopic (exact) mass is 227 g/mol. The van der Waals surface area contributed by atoms with Gasteiger partial charge in [0, 0.05) is 18.0 Å². The standard InChI is InChI=1S/C10H20BN2OS/c1-9(2,10(3,4)15)14-11-8(6-12)7-13-5/h6-7,15H,12H2,1-5H3/b8-6+,13-7?. The first-order valence-corrected chi connectivity index (χ1v) is 5.27. The van der Waals surface area contributed by atoms with Crippen LogP contribution in [-0.4, -0.2) is 31.1 Å². The highest BCUT2D eigenvalue weighted by atomic mass is 32.1. The molecule has 0 aliphatic rings.